The molecule has 0 aliphatic carbocycles. The van der Waals surface area contributed by atoms with Crippen LogP contribution in [0.15, 0.2) is 71.4 Å². The molecule has 0 spiro atoms. The van der Waals surface area contributed by atoms with Crippen LogP contribution in [0.5, 0.6) is 0 Å². The zero-order chi connectivity index (χ0) is 21.1. The number of halogens is 3. The van der Waals surface area contributed by atoms with Crippen molar-refractivity contribution in [2.75, 3.05) is 5.32 Å². The van der Waals surface area contributed by atoms with Crippen molar-refractivity contribution >= 4 is 22.4 Å². The summed E-state index contributed by atoms with van der Waals surface area (Å²) in [5, 5.41) is 2.97. The molecule has 2 heterocycles. The highest BCUT2D eigenvalue weighted by molar-refractivity contribution is 7.15. The fourth-order valence-electron chi connectivity index (χ4n) is 2.73. The van der Waals surface area contributed by atoms with E-state index in [1.165, 1.54) is 29.7 Å². The maximum absolute atomic E-state index is 12.6. The number of thiazole rings is 1. The summed E-state index contributed by atoms with van der Waals surface area (Å²) in [5.74, 6) is -0.149. The van der Waals surface area contributed by atoms with Crippen LogP contribution in [0.3, 0.4) is 0 Å². The Kier molecular flexibility index (Phi) is 5.37. The van der Waals surface area contributed by atoms with Crippen LogP contribution >= 0.6 is 11.3 Å². The van der Waals surface area contributed by atoms with Gasteiger partial charge in [0.15, 0.2) is 10.9 Å². The molecule has 0 atom stereocenters. The predicted octanol–water partition coefficient (Wildman–Crippen LogP) is 5.66. The first kappa shape index (κ1) is 19.8. The Labute approximate surface area is 173 Å². The van der Waals surface area contributed by atoms with Gasteiger partial charge in [-0.3, -0.25) is 10.1 Å². The second-order valence-corrected chi connectivity index (χ2v) is 7.47. The first-order valence-corrected chi connectivity index (χ1v) is 9.63. The first-order chi connectivity index (χ1) is 14.4. The van der Waals surface area contributed by atoms with Crippen LogP contribution in [0.2, 0.25) is 0 Å². The number of benzene rings is 2. The van der Waals surface area contributed by atoms with E-state index in [2.05, 4.69) is 15.3 Å². The van der Waals surface area contributed by atoms with Gasteiger partial charge in [0.25, 0.3) is 5.89 Å². The Morgan fingerprint density at radius 1 is 1.00 bits per heavy atom. The lowest BCUT2D eigenvalue weighted by atomic mass is 10.1. The van der Waals surface area contributed by atoms with Crippen LogP contribution < -0.4 is 5.32 Å². The number of carbonyl (C=O) groups excluding carboxylic acids is 1. The van der Waals surface area contributed by atoms with Gasteiger partial charge in [-0.25, -0.2) is 9.97 Å². The van der Waals surface area contributed by atoms with Gasteiger partial charge in [0.2, 0.25) is 0 Å². The topological polar surface area (TPSA) is 68.0 Å². The summed E-state index contributed by atoms with van der Waals surface area (Å²) in [5.41, 5.74) is 0.825. The Bertz CT molecular complexity index is 1150. The fourth-order valence-corrected chi connectivity index (χ4v) is 3.57. The minimum atomic E-state index is -4.36. The van der Waals surface area contributed by atoms with Crippen molar-refractivity contribution in [1.82, 2.24) is 9.97 Å². The molecule has 0 aliphatic heterocycles. The van der Waals surface area contributed by atoms with Crippen molar-refractivity contribution < 1.29 is 22.4 Å². The van der Waals surface area contributed by atoms with E-state index in [-0.39, 0.29) is 5.89 Å². The molecule has 152 valence electrons. The van der Waals surface area contributed by atoms with Crippen LogP contribution in [0.25, 0.3) is 11.3 Å². The summed E-state index contributed by atoms with van der Waals surface area (Å²) in [4.78, 5) is 21.3. The summed E-state index contributed by atoms with van der Waals surface area (Å²) in [7, 11) is 0. The van der Waals surface area contributed by atoms with E-state index in [1.807, 2.05) is 30.3 Å². The summed E-state index contributed by atoms with van der Waals surface area (Å²) < 4.78 is 43.5. The van der Waals surface area contributed by atoms with Crippen LogP contribution in [0.4, 0.5) is 18.3 Å². The predicted molar refractivity (Wildman–Crippen MR) is 106 cm³/mol. The number of carbonyl (C=O) groups is 1. The number of nitrogens with zero attached hydrogens (tertiary/aromatic N) is 2. The van der Waals surface area contributed by atoms with Gasteiger partial charge in [-0.15, -0.1) is 11.3 Å². The zero-order valence-corrected chi connectivity index (χ0v) is 16.1. The molecule has 1 N–H and O–H groups in total. The first-order valence-electron chi connectivity index (χ1n) is 8.82. The van der Waals surface area contributed by atoms with E-state index < -0.39 is 17.6 Å². The van der Waals surface area contributed by atoms with E-state index in [0.29, 0.717) is 22.9 Å². The van der Waals surface area contributed by atoms with Gasteiger partial charge < -0.3 is 4.42 Å². The van der Waals surface area contributed by atoms with E-state index in [9.17, 15) is 18.0 Å². The number of hydrogen-bond acceptors (Lipinski definition) is 5. The highest BCUT2D eigenvalue weighted by Crippen LogP contribution is 2.30. The van der Waals surface area contributed by atoms with Crippen molar-refractivity contribution in [3.63, 3.8) is 0 Å². The largest absolute Gasteiger partial charge is 0.432 e. The Balaban J connectivity index is 1.40. The number of alkyl halides is 3. The number of nitrogens with one attached hydrogen (secondary N) is 1. The molecule has 0 unspecified atom stereocenters. The van der Waals surface area contributed by atoms with Crippen molar-refractivity contribution in [3.05, 3.63) is 88.9 Å². The monoisotopic (exact) mass is 429 g/mol. The van der Waals surface area contributed by atoms with Gasteiger partial charge in [-0.1, -0.05) is 42.5 Å². The molecule has 4 rings (SSSR count). The maximum Gasteiger partial charge on any atom is 0.416 e. The van der Waals surface area contributed by atoms with E-state index in [1.54, 1.807) is 6.20 Å². The number of oxazole rings is 1. The molecule has 0 bridgehead atoms. The van der Waals surface area contributed by atoms with Crippen molar-refractivity contribution in [3.8, 4) is 11.3 Å². The molecule has 9 heteroatoms. The fraction of sp³-hybridized carbons (Fsp3) is 0.0952. The van der Waals surface area contributed by atoms with Gasteiger partial charge >= 0.3 is 12.1 Å². The molecule has 4 aromatic rings. The highest BCUT2D eigenvalue weighted by Gasteiger charge is 2.29. The van der Waals surface area contributed by atoms with Gasteiger partial charge in [0.1, 0.15) is 0 Å². The molecule has 2 aromatic carbocycles. The minimum absolute atomic E-state index is 0.0895. The average molecular weight is 429 g/mol. The molecule has 1 amide bonds. The van der Waals surface area contributed by atoms with Gasteiger partial charge in [-0.05, 0) is 17.7 Å². The summed E-state index contributed by atoms with van der Waals surface area (Å²) >= 11 is 1.23. The van der Waals surface area contributed by atoms with E-state index in [4.69, 9.17) is 4.42 Å². The second kappa shape index (κ2) is 8.11. The van der Waals surface area contributed by atoms with Gasteiger partial charge in [0, 0.05) is 23.1 Å². The third-order valence-corrected chi connectivity index (χ3v) is 5.10. The highest BCUT2D eigenvalue weighted by atomic mass is 32.1. The molecule has 0 saturated carbocycles. The maximum atomic E-state index is 12.6. The third kappa shape index (κ3) is 4.57. The van der Waals surface area contributed by atoms with Crippen molar-refractivity contribution in [2.45, 2.75) is 12.6 Å². The standard InChI is InChI=1S/C21H14F3N3O2S/c22-21(23,24)15-8-6-13(7-9-15)10-16-11-26-20(30-16)27-18(28)19-25-12-17(29-19)14-4-2-1-3-5-14/h1-9,11-12H,10H2,(H,26,27,28). The lowest BCUT2D eigenvalue weighted by molar-refractivity contribution is -0.137. The number of aromatic nitrogens is 2. The molecule has 2 aromatic heterocycles. The lowest BCUT2D eigenvalue weighted by Gasteiger charge is -2.06. The molecule has 0 radical (unpaired) electrons. The zero-order valence-electron chi connectivity index (χ0n) is 15.3. The summed E-state index contributed by atoms with van der Waals surface area (Å²) in [6, 6.07) is 14.2. The normalized spacial score (nSPS) is 11.4. The van der Waals surface area contributed by atoms with Crippen molar-refractivity contribution in [2.24, 2.45) is 0 Å². The minimum Gasteiger partial charge on any atom is -0.432 e. The molecular formula is C21H14F3N3O2S. The lowest BCUT2D eigenvalue weighted by Crippen LogP contribution is -2.11. The molecule has 0 saturated heterocycles. The number of hydrogen-bond donors (Lipinski definition) is 1. The Morgan fingerprint density at radius 3 is 2.43 bits per heavy atom. The Hall–Kier alpha value is -3.46. The summed E-state index contributed by atoms with van der Waals surface area (Å²) in [6.45, 7) is 0. The number of anilines is 1. The van der Waals surface area contributed by atoms with Crippen LogP contribution in [0.1, 0.15) is 26.7 Å². The molecule has 0 fully saturated rings. The van der Waals surface area contributed by atoms with Crippen LogP contribution in [-0.2, 0) is 12.6 Å². The van der Waals surface area contributed by atoms with E-state index >= 15 is 0 Å². The SMILES string of the molecule is O=C(Nc1ncc(Cc2ccc(C(F)(F)F)cc2)s1)c1ncc(-c2ccccc2)o1. The molecule has 0 aliphatic rings. The number of rotatable bonds is 5. The second-order valence-electron chi connectivity index (χ2n) is 6.35. The Morgan fingerprint density at radius 2 is 1.73 bits per heavy atom. The van der Waals surface area contributed by atoms with Gasteiger partial charge in [0.05, 0.1) is 11.8 Å². The van der Waals surface area contributed by atoms with Crippen LogP contribution in [-0.4, -0.2) is 15.9 Å². The van der Waals surface area contributed by atoms with Crippen molar-refractivity contribution in [1.29, 1.82) is 0 Å². The third-order valence-electron chi connectivity index (χ3n) is 4.19. The smallest absolute Gasteiger partial charge is 0.416 e. The van der Waals surface area contributed by atoms with E-state index in [0.717, 1.165) is 22.6 Å². The molecule has 30 heavy (non-hydrogen) atoms. The molecular weight excluding hydrogens is 415 g/mol. The average Bonchev–Trinajstić information content (AvgIpc) is 3.38. The quantitative estimate of drug-likeness (QED) is 0.445. The molecule has 5 nitrogen and oxygen atoms in total. The summed E-state index contributed by atoms with van der Waals surface area (Å²) in [6.07, 6.45) is -0.908. The number of amides is 1. The van der Waals surface area contributed by atoms with Gasteiger partial charge in [-0.2, -0.15) is 13.2 Å². The van der Waals surface area contributed by atoms with Crippen LogP contribution in [0, 0.1) is 0 Å².